The third-order valence-corrected chi connectivity index (χ3v) is 10.9. The van der Waals surface area contributed by atoms with Gasteiger partial charge < -0.3 is 35.0 Å². The Hall–Kier alpha value is -3.55. The summed E-state index contributed by atoms with van der Waals surface area (Å²) < 4.78 is 4.14. The second kappa shape index (κ2) is 11.9. The van der Waals surface area contributed by atoms with E-state index in [4.69, 9.17) is 0 Å². The normalized spacial score (nSPS) is 22.7. The molecule has 1 aromatic carbocycles. The minimum Gasteiger partial charge on any atom is -0.543 e. The first kappa shape index (κ1) is 29.5. The molecular weight excluding hydrogens is 589 g/mol. The number of hydrogen-bond acceptors (Lipinski definition) is 8. The number of anilines is 1. The zero-order valence-corrected chi connectivity index (χ0v) is 26.1. The van der Waals surface area contributed by atoms with Gasteiger partial charge in [0.25, 0.3) is 6.33 Å². The molecule has 228 valence electrons. The van der Waals surface area contributed by atoms with Gasteiger partial charge in [0, 0.05) is 56.3 Å². The Morgan fingerprint density at radius 3 is 2.58 bits per heavy atom. The van der Waals surface area contributed by atoms with Crippen LogP contribution in [0.25, 0.3) is 10.4 Å². The van der Waals surface area contributed by atoms with Crippen LogP contribution in [-0.2, 0) is 16.1 Å². The molecule has 11 nitrogen and oxygen atoms in total. The van der Waals surface area contributed by atoms with E-state index in [9.17, 15) is 24.6 Å². The van der Waals surface area contributed by atoms with E-state index < -0.39 is 18.0 Å². The number of rotatable bonds is 9. The zero-order chi connectivity index (χ0) is 30.4. The van der Waals surface area contributed by atoms with Gasteiger partial charge >= 0.3 is 6.03 Å². The summed E-state index contributed by atoms with van der Waals surface area (Å²) in [6, 6.07) is 9.84. The number of urea groups is 1. The maximum Gasteiger partial charge on any atom is 0.317 e. The van der Waals surface area contributed by atoms with Crippen molar-refractivity contribution in [3.63, 3.8) is 0 Å². The summed E-state index contributed by atoms with van der Waals surface area (Å²) in [6.45, 7) is 7.74. The van der Waals surface area contributed by atoms with Crippen molar-refractivity contribution in [2.75, 3.05) is 43.9 Å². The molecule has 3 aliphatic heterocycles. The molecule has 0 bridgehead atoms. The number of para-hydroxylation sites is 1. The fourth-order valence-corrected chi connectivity index (χ4v) is 8.87. The Kier molecular flexibility index (Phi) is 8.14. The maximum atomic E-state index is 12.8. The molecule has 0 saturated carbocycles. The van der Waals surface area contributed by atoms with E-state index in [0.717, 1.165) is 34.2 Å². The number of thiazole rings is 1. The maximum absolute atomic E-state index is 12.8. The van der Waals surface area contributed by atoms with Crippen LogP contribution in [0.3, 0.4) is 0 Å². The number of hydrogen-bond donors (Lipinski definition) is 2. The number of carbonyl (C=O) groups is 3. The van der Waals surface area contributed by atoms with Crippen molar-refractivity contribution in [1.82, 2.24) is 19.7 Å². The van der Waals surface area contributed by atoms with Crippen LogP contribution in [-0.4, -0.2) is 88.5 Å². The number of carboxylic acids is 1. The van der Waals surface area contributed by atoms with Crippen molar-refractivity contribution in [2.45, 2.75) is 44.0 Å². The first-order valence-corrected chi connectivity index (χ1v) is 16.6. The number of aliphatic carboxylic acids is 1. The van der Waals surface area contributed by atoms with Gasteiger partial charge in [-0.2, -0.15) is 4.40 Å². The smallest absolute Gasteiger partial charge is 0.317 e. The van der Waals surface area contributed by atoms with Gasteiger partial charge in [0.15, 0.2) is 0 Å². The number of imidazole rings is 1. The number of aryl methyl sites for hydroxylation is 1. The van der Waals surface area contributed by atoms with Crippen LogP contribution in [0.4, 0.5) is 10.5 Å². The summed E-state index contributed by atoms with van der Waals surface area (Å²) in [5.41, 5.74) is 1.68. The number of thioether (sulfide) groups is 1. The Balaban J connectivity index is 1.08. The van der Waals surface area contributed by atoms with Crippen LogP contribution in [0.1, 0.15) is 25.1 Å². The summed E-state index contributed by atoms with van der Waals surface area (Å²) in [4.78, 5) is 44.9. The molecule has 3 amide bonds. The van der Waals surface area contributed by atoms with Crippen molar-refractivity contribution in [3.8, 4) is 0 Å². The summed E-state index contributed by atoms with van der Waals surface area (Å²) in [5, 5.41) is 26.4. The van der Waals surface area contributed by atoms with Crippen molar-refractivity contribution >= 4 is 57.1 Å². The lowest BCUT2D eigenvalue weighted by Gasteiger charge is -2.47. The summed E-state index contributed by atoms with van der Waals surface area (Å²) >= 11 is 3.10. The Bertz CT molecular complexity index is 1580. The molecule has 6 rings (SSSR count). The van der Waals surface area contributed by atoms with E-state index in [-0.39, 0.29) is 29.6 Å². The zero-order valence-electron chi connectivity index (χ0n) is 24.4. The molecule has 43 heavy (non-hydrogen) atoms. The number of carboxylic acid groups (broad SMARTS) is 1. The van der Waals surface area contributed by atoms with E-state index in [1.807, 2.05) is 53.2 Å². The highest BCUT2D eigenvalue weighted by molar-refractivity contribution is 7.98. The first-order chi connectivity index (χ1) is 20.7. The molecule has 3 aliphatic rings. The molecule has 0 unspecified atom stereocenters. The minimum atomic E-state index is -1.37. The number of carbonyl (C=O) groups excluding carboxylic acids is 3. The number of benzene rings is 1. The lowest BCUT2D eigenvalue weighted by atomic mass is 9.77. The number of aliphatic hydroxyl groups is 1. The number of fused-ring (bicyclic) bond motifs is 2. The van der Waals surface area contributed by atoms with Crippen LogP contribution in [0.2, 0.25) is 0 Å². The van der Waals surface area contributed by atoms with Crippen LogP contribution in [0, 0.1) is 11.8 Å². The molecule has 4 atom stereocenters. The van der Waals surface area contributed by atoms with E-state index in [1.54, 1.807) is 18.7 Å². The summed E-state index contributed by atoms with van der Waals surface area (Å²) in [5.74, 6) is -2.60. The van der Waals surface area contributed by atoms with Crippen LogP contribution in [0.15, 0.2) is 53.6 Å². The average Bonchev–Trinajstić information content (AvgIpc) is 3.62. The van der Waals surface area contributed by atoms with E-state index in [0.29, 0.717) is 31.8 Å². The van der Waals surface area contributed by atoms with E-state index >= 15 is 0 Å². The standard InChI is InChI=1S/C30H36N6O5S2/c1-18-22(25(29(39)40)36-24(18)23(19(2)37)26(36)38)21-16-35-17-34(27(42-3)28(35)43-21)11-7-10-31-30(41)33-14-12-32(13-15-33)20-8-5-4-6-9-20/h4-6,8-9,16-19,23-24,37H,7,10-15H2,1-3H3,(H-,31,39,40,41)/t18-,19+,23+,24+/m0/s1. The van der Waals surface area contributed by atoms with Gasteiger partial charge in [0.1, 0.15) is 6.20 Å². The molecule has 0 spiro atoms. The molecule has 2 N–H and O–H groups in total. The molecule has 2 saturated heterocycles. The van der Waals surface area contributed by atoms with Crippen molar-refractivity contribution < 1.29 is 29.0 Å². The fourth-order valence-electron chi connectivity index (χ4n) is 6.67. The summed E-state index contributed by atoms with van der Waals surface area (Å²) in [7, 11) is 0. The molecule has 2 fully saturated rings. The van der Waals surface area contributed by atoms with Gasteiger partial charge in [-0.05, 0) is 25.3 Å². The van der Waals surface area contributed by atoms with Crippen molar-refractivity contribution in [3.05, 3.63) is 53.4 Å². The highest BCUT2D eigenvalue weighted by Crippen LogP contribution is 2.51. The SMILES string of the molecule is CSc1c2sc(C3=C(C(=O)[O-])N4C(=O)[C@H]([C@@H](C)O)[C@H]4[C@H]3C)c[n+]2cn1CCCNC(=O)N1CCN(c2ccccc2)CC1. The summed E-state index contributed by atoms with van der Waals surface area (Å²) in [6.07, 6.45) is 5.81. The number of piperazine rings is 1. The van der Waals surface area contributed by atoms with Gasteiger partial charge in [-0.25, -0.2) is 9.36 Å². The fraction of sp³-hybridized carbons (Fsp3) is 0.467. The van der Waals surface area contributed by atoms with Crippen LogP contribution < -0.4 is 19.7 Å². The second-order valence-electron chi connectivity index (χ2n) is 11.3. The largest absolute Gasteiger partial charge is 0.543 e. The van der Waals surface area contributed by atoms with Gasteiger partial charge in [-0.15, -0.1) is 0 Å². The molecule has 2 aromatic heterocycles. The van der Waals surface area contributed by atoms with E-state index in [2.05, 4.69) is 26.9 Å². The Morgan fingerprint density at radius 2 is 1.93 bits per heavy atom. The Morgan fingerprint density at radius 1 is 1.21 bits per heavy atom. The minimum absolute atomic E-state index is 0.0333. The average molecular weight is 625 g/mol. The van der Waals surface area contributed by atoms with Gasteiger partial charge in [0.05, 0.1) is 41.2 Å². The predicted octanol–water partition coefficient (Wildman–Crippen LogP) is 1.25. The topological polar surface area (TPSA) is 125 Å². The van der Waals surface area contributed by atoms with Crippen LogP contribution >= 0.6 is 23.1 Å². The number of nitrogens with one attached hydrogen (secondary N) is 1. The second-order valence-corrected chi connectivity index (χ2v) is 13.2. The number of β-lactam (4-membered cyclic amide) rings is 1. The highest BCUT2D eigenvalue weighted by Gasteiger charge is 2.59. The third-order valence-electron chi connectivity index (χ3n) is 8.77. The third kappa shape index (κ3) is 5.17. The lowest BCUT2D eigenvalue weighted by molar-refractivity contribution is -0.508. The van der Waals surface area contributed by atoms with Gasteiger partial charge in [-0.1, -0.05) is 48.2 Å². The Labute approximate surface area is 258 Å². The molecule has 0 radical (unpaired) electrons. The first-order valence-electron chi connectivity index (χ1n) is 14.6. The molecule has 0 aliphatic carbocycles. The highest BCUT2D eigenvalue weighted by atomic mass is 32.2. The quantitative estimate of drug-likeness (QED) is 0.159. The predicted molar refractivity (Wildman–Crippen MR) is 162 cm³/mol. The van der Waals surface area contributed by atoms with Gasteiger partial charge in [0.2, 0.25) is 15.8 Å². The molecule has 13 heteroatoms. The number of nitrogens with zero attached hydrogens (tertiary/aromatic N) is 5. The van der Waals surface area contributed by atoms with E-state index in [1.165, 1.54) is 21.9 Å². The molecular formula is C30H36N6O5S2. The van der Waals surface area contributed by atoms with Crippen molar-refractivity contribution in [1.29, 1.82) is 0 Å². The van der Waals surface area contributed by atoms with Crippen molar-refractivity contribution in [2.24, 2.45) is 11.8 Å². The monoisotopic (exact) mass is 624 g/mol. The number of amides is 3. The lowest BCUT2D eigenvalue weighted by Crippen LogP contribution is -2.64. The molecule has 3 aromatic rings. The number of aromatic nitrogens is 2. The van der Waals surface area contributed by atoms with Crippen LogP contribution in [0.5, 0.6) is 0 Å². The number of aliphatic hydroxyl groups excluding tert-OH is 1. The van der Waals surface area contributed by atoms with Gasteiger partial charge in [-0.3, -0.25) is 4.79 Å². The molecule has 5 heterocycles.